The van der Waals surface area contributed by atoms with Crippen molar-refractivity contribution >= 4 is 13.9 Å². The number of benzene rings is 1. The SMILES string of the molecule is CCOP(=O)(O)OCCNC(=O)OCc1ccccc1. The third-order valence-corrected chi connectivity index (χ3v) is 3.22. The average Bonchev–Trinajstić information content (AvgIpc) is 2.42. The van der Waals surface area contributed by atoms with E-state index in [2.05, 4.69) is 14.4 Å². The van der Waals surface area contributed by atoms with Crippen molar-refractivity contribution in [1.29, 1.82) is 0 Å². The Kier molecular flexibility index (Phi) is 7.25. The van der Waals surface area contributed by atoms with Crippen molar-refractivity contribution in [3.05, 3.63) is 35.9 Å². The van der Waals surface area contributed by atoms with Crippen LogP contribution in [0.3, 0.4) is 0 Å². The summed E-state index contributed by atoms with van der Waals surface area (Å²) in [4.78, 5) is 20.4. The van der Waals surface area contributed by atoms with Crippen molar-refractivity contribution in [2.45, 2.75) is 13.5 Å². The summed E-state index contributed by atoms with van der Waals surface area (Å²) in [6, 6.07) is 9.22. The molecule has 0 heterocycles. The zero-order valence-electron chi connectivity index (χ0n) is 11.2. The number of hydrogen-bond donors (Lipinski definition) is 2. The van der Waals surface area contributed by atoms with Gasteiger partial charge in [-0.25, -0.2) is 9.36 Å². The highest BCUT2D eigenvalue weighted by Crippen LogP contribution is 2.42. The molecule has 8 heteroatoms. The smallest absolute Gasteiger partial charge is 0.445 e. The molecule has 0 aromatic heterocycles. The number of phosphoric acid groups is 1. The first-order valence-corrected chi connectivity index (χ1v) is 7.59. The van der Waals surface area contributed by atoms with Gasteiger partial charge in [-0.05, 0) is 12.5 Å². The molecule has 1 rings (SSSR count). The fourth-order valence-corrected chi connectivity index (χ4v) is 2.01. The maximum atomic E-state index is 11.3. The molecule has 1 aromatic carbocycles. The van der Waals surface area contributed by atoms with Gasteiger partial charge in [0.1, 0.15) is 6.61 Å². The van der Waals surface area contributed by atoms with E-state index < -0.39 is 13.9 Å². The summed E-state index contributed by atoms with van der Waals surface area (Å²) in [5, 5.41) is 2.39. The molecule has 0 bridgehead atoms. The first-order valence-electron chi connectivity index (χ1n) is 6.10. The predicted molar refractivity (Wildman–Crippen MR) is 72.0 cm³/mol. The standard InChI is InChI=1S/C12H18NO6P/c1-2-18-20(15,16)19-9-8-13-12(14)17-10-11-6-4-3-5-7-11/h3-7H,2,8-10H2,1H3,(H,13,14)(H,15,16). The van der Waals surface area contributed by atoms with Crippen LogP contribution in [-0.2, 0) is 25.0 Å². The van der Waals surface area contributed by atoms with E-state index in [-0.39, 0.29) is 26.4 Å². The first kappa shape index (κ1) is 16.7. The molecule has 1 atom stereocenters. The van der Waals surface area contributed by atoms with Crippen molar-refractivity contribution < 1.29 is 28.0 Å². The van der Waals surface area contributed by atoms with Crippen LogP contribution in [0.4, 0.5) is 4.79 Å². The van der Waals surface area contributed by atoms with E-state index in [0.717, 1.165) is 5.56 Å². The topological polar surface area (TPSA) is 94.1 Å². The minimum Gasteiger partial charge on any atom is -0.445 e. The number of carbonyl (C=O) groups is 1. The lowest BCUT2D eigenvalue weighted by Gasteiger charge is -2.11. The number of hydrogen-bond acceptors (Lipinski definition) is 5. The van der Waals surface area contributed by atoms with Crippen molar-refractivity contribution in [3.63, 3.8) is 0 Å². The quantitative estimate of drug-likeness (QED) is 0.564. The third kappa shape index (κ3) is 7.25. The van der Waals surface area contributed by atoms with Gasteiger partial charge in [0.15, 0.2) is 0 Å². The van der Waals surface area contributed by atoms with E-state index in [4.69, 9.17) is 9.63 Å². The fraction of sp³-hybridized carbons (Fsp3) is 0.417. The van der Waals surface area contributed by atoms with Gasteiger partial charge in [0.2, 0.25) is 0 Å². The zero-order chi connectivity index (χ0) is 14.8. The number of amides is 1. The largest absolute Gasteiger partial charge is 0.472 e. The summed E-state index contributed by atoms with van der Waals surface area (Å²) < 4.78 is 25.2. The molecule has 2 N–H and O–H groups in total. The number of rotatable bonds is 8. The number of carbonyl (C=O) groups excluding carboxylic acids is 1. The van der Waals surface area contributed by atoms with E-state index >= 15 is 0 Å². The number of ether oxygens (including phenoxy) is 1. The van der Waals surface area contributed by atoms with Crippen molar-refractivity contribution in [3.8, 4) is 0 Å². The van der Waals surface area contributed by atoms with Gasteiger partial charge < -0.3 is 14.9 Å². The maximum absolute atomic E-state index is 11.3. The normalized spacial score (nSPS) is 13.5. The molecule has 0 aliphatic heterocycles. The molecule has 0 aliphatic carbocycles. The Labute approximate surface area is 117 Å². The number of nitrogens with one attached hydrogen (secondary N) is 1. The van der Waals surface area contributed by atoms with Gasteiger partial charge in [0.05, 0.1) is 13.2 Å². The highest BCUT2D eigenvalue weighted by atomic mass is 31.2. The predicted octanol–water partition coefficient (Wildman–Crippen LogP) is 2.07. The fourth-order valence-electron chi connectivity index (χ4n) is 1.29. The molecule has 7 nitrogen and oxygen atoms in total. The molecular formula is C12H18NO6P. The van der Waals surface area contributed by atoms with Crippen LogP contribution in [0.25, 0.3) is 0 Å². The van der Waals surface area contributed by atoms with Gasteiger partial charge in [-0.1, -0.05) is 30.3 Å². The monoisotopic (exact) mass is 303 g/mol. The van der Waals surface area contributed by atoms with E-state index in [1.54, 1.807) is 6.92 Å². The molecule has 1 amide bonds. The van der Waals surface area contributed by atoms with Gasteiger partial charge in [0.25, 0.3) is 0 Å². The van der Waals surface area contributed by atoms with Crippen LogP contribution < -0.4 is 5.32 Å². The highest BCUT2D eigenvalue weighted by Gasteiger charge is 2.19. The summed E-state index contributed by atoms with van der Waals surface area (Å²) in [6.07, 6.45) is -0.623. The van der Waals surface area contributed by atoms with E-state index in [1.165, 1.54) is 0 Å². The van der Waals surface area contributed by atoms with Gasteiger partial charge in [-0.3, -0.25) is 9.05 Å². The average molecular weight is 303 g/mol. The van der Waals surface area contributed by atoms with E-state index in [9.17, 15) is 9.36 Å². The summed E-state index contributed by atoms with van der Waals surface area (Å²) in [5.41, 5.74) is 0.870. The molecule has 112 valence electrons. The lowest BCUT2D eigenvalue weighted by molar-refractivity contribution is 0.131. The Bertz CT molecular complexity index is 453. The zero-order valence-corrected chi connectivity index (χ0v) is 12.0. The van der Waals surface area contributed by atoms with Crippen LogP contribution >= 0.6 is 7.82 Å². The molecule has 1 unspecified atom stereocenters. The van der Waals surface area contributed by atoms with Crippen LogP contribution in [0.1, 0.15) is 12.5 Å². The molecule has 0 spiro atoms. The minimum absolute atomic E-state index is 0.0469. The Hall–Kier alpha value is -1.40. The van der Waals surface area contributed by atoms with Crippen LogP contribution in [0.15, 0.2) is 30.3 Å². The Balaban J connectivity index is 2.13. The minimum atomic E-state index is -4.01. The second kappa shape index (κ2) is 8.71. The van der Waals surface area contributed by atoms with Gasteiger partial charge >= 0.3 is 13.9 Å². The summed E-state index contributed by atoms with van der Waals surface area (Å²) >= 11 is 0. The molecule has 0 radical (unpaired) electrons. The van der Waals surface area contributed by atoms with Gasteiger partial charge in [-0.2, -0.15) is 0 Å². The highest BCUT2D eigenvalue weighted by molar-refractivity contribution is 7.47. The van der Waals surface area contributed by atoms with Gasteiger partial charge in [-0.15, -0.1) is 0 Å². The van der Waals surface area contributed by atoms with E-state index in [0.29, 0.717) is 0 Å². The van der Waals surface area contributed by atoms with Gasteiger partial charge in [0, 0.05) is 6.54 Å². The molecule has 0 saturated heterocycles. The van der Waals surface area contributed by atoms with Crippen molar-refractivity contribution in [1.82, 2.24) is 5.32 Å². The Morgan fingerprint density at radius 1 is 1.30 bits per heavy atom. The summed E-state index contributed by atoms with van der Waals surface area (Å²) in [7, 11) is -4.01. The number of phosphoric ester groups is 1. The second-order valence-corrected chi connectivity index (χ2v) is 5.16. The number of alkyl carbamates (subject to hydrolysis) is 1. The molecule has 0 fully saturated rings. The Morgan fingerprint density at radius 3 is 2.65 bits per heavy atom. The third-order valence-electron chi connectivity index (χ3n) is 2.13. The van der Waals surface area contributed by atoms with Crippen LogP contribution in [0.5, 0.6) is 0 Å². The lowest BCUT2D eigenvalue weighted by atomic mass is 10.2. The van der Waals surface area contributed by atoms with Crippen molar-refractivity contribution in [2.24, 2.45) is 0 Å². The summed E-state index contributed by atoms with van der Waals surface area (Å²) in [5.74, 6) is 0. The first-order chi connectivity index (χ1) is 9.53. The van der Waals surface area contributed by atoms with Crippen molar-refractivity contribution in [2.75, 3.05) is 19.8 Å². The molecule has 1 aromatic rings. The summed E-state index contributed by atoms with van der Waals surface area (Å²) in [6.45, 7) is 1.70. The molecular weight excluding hydrogens is 285 g/mol. The van der Waals surface area contributed by atoms with Crippen LogP contribution in [0.2, 0.25) is 0 Å². The Morgan fingerprint density at radius 2 is 2.00 bits per heavy atom. The molecule has 20 heavy (non-hydrogen) atoms. The molecule has 0 aliphatic rings. The lowest BCUT2D eigenvalue weighted by Crippen LogP contribution is -2.27. The maximum Gasteiger partial charge on any atom is 0.472 e. The second-order valence-electron chi connectivity index (χ2n) is 3.71. The molecule has 0 saturated carbocycles. The van der Waals surface area contributed by atoms with Crippen LogP contribution in [0, 0.1) is 0 Å². The van der Waals surface area contributed by atoms with E-state index in [1.807, 2.05) is 30.3 Å². The van der Waals surface area contributed by atoms with Crippen LogP contribution in [-0.4, -0.2) is 30.7 Å².